The van der Waals surface area contributed by atoms with E-state index in [1.807, 2.05) is 31.3 Å². The van der Waals surface area contributed by atoms with Crippen molar-refractivity contribution in [3.8, 4) is 0 Å². The van der Waals surface area contributed by atoms with Crippen LogP contribution in [0.1, 0.15) is 22.8 Å². The van der Waals surface area contributed by atoms with Crippen molar-refractivity contribution in [2.45, 2.75) is 13.5 Å². The number of aromatic nitrogens is 1. The van der Waals surface area contributed by atoms with Crippen molar-refractivity contribution in [1.82, 2.24) is 4.57 Å². The van der Waals surface area contributed by atoms with Crippen molar-refractivity contribution in [1.29, 1.82) is 0 Å². The minimum absolute atomic E-state index is 0.100. The topological polar surface area (TPSA) is 22.0 Å². The van der Waals surface area contributed by atoms with Gasteiger partial charge in [-0.1, -0.05) is 39.1 Å². The Balaban J connectivity index is 2.20. The summed E-state index contributed by atoms with van der Waals surface area (Å²) < 4.78 is 2.99. The van der Waals surface area contributed by atoms with Crippen molar-refractivity contribution in [2.24, 2.45) is 0 Å². The molecule has 0 aliphatic carbocycles. The van der Waals surface area contributed by atoms with E-state index in [-0.39, 0.29) is 5.78 Å². The summed E-state index contributed by atoms with van der Waals surface area (Å²) in [6.07, 6.45) is 1.88. The Labute approximate surface area is 146 Å². The van der Waals surface area contributed by atoms with Crippen molar-refractivity contribution in [3.05, 3.63) is 68.2 Å². The fraction of sp³-hybridized carbons (Fsp3) is 0.118. The zero-order chi connectivity index (χ0) is 15.9. The molecular weight excluding hydrogens is 385 g/mol. The van der Waals surface area contributed by atoms with Crippen LogP contribution in [-0.2, 0) is 6.54 Å². The van der Waals surface area contributed by atoms with Crippen molar-refractivity contribution < 1.29 is 4.79 Å². The number of aryl methyl sites for hydroxylation is 1. The van der Waals surface area contributed by atoms with Crippen LogP contribution < -0.4 is 0 Å². The first-order valence-corrected chi connectivity index (χ1v) is 8.34. The average molecular weight is 397 g/mol. The van der Waals surface area contributed by atoms with Crippen LogP contribution in [0.4, 0.5) is 0 Å². The van der Waals surface area contributed by atoms with Crippen molar-refractivity contribution in [2.75, 3.05) is 0 Å². The highest BCUT2D eigenvalue weighted by Crippen LogP contribution is 2.29. The molecule has 0 atom stereocenters. The minimum Gasteiger partial charge on any atom is -0.347 e. The molecule has 0 saturated heterocycles. The van der Waals surface area contributed by atoms with Crippen LogP contribution in [0, 0.1) is 0 Å². The van der Waals surface area contributed by atoms with Gasteiger partial charge >= 0.3 is 0 Å². The van der Waals surface area contributed by atoms with E-state index < -0.39 is 0 Å². The number of nitrogens with zero attached hydrogens (tertiary/aromatic N) is 1. The number of hydrogen-bond acceptors (Lipinski definition) is 1. The SMILES string of the molecule is CCn1cc(C(=O)c2ccc(Cl)cc2Cl)c2cc(Br)ccc21. The molecule has 3 rings (SSSR count). The van der Waals surface area contributed by atoms with Crippen LogP contribution >= 0.6 is 39.1 Å². The van der Waals surface area contributed by atoms with E-state index in [4.69, 9.17) is 23.2 Å². The predicted octanol–water partition coefficient (Wildman–Crippen LogP) is 5.96. The Bertz CT molecular complexity index is 886. The number of fused-ring (bicyclic) bond motifs is 1. The number of hydrogen-bond donors (Lipinski definition) is 0. The highest BCUT2D eigenvalue weighted by Gasteiger charge is 2.19. The summed E-state index contributed by atoms with van der Waals surface area (Å²) in [4.78, 5) is 12.9. The van der Waals surface area contributed by atoms with Crippen molar-refractivity contribution in [3.63, 3.8) is 0 Å². The van der Waals surface area contributed by atoms with Gasteiger partial charge in [0.15, 0.2) is 5.78 Å². The zero-order valence-electron chi connectivity index (χ0n) is 11.7. The fourth-order valence-electron chi connectivity index (χ4n) is 2.53. The van der Waals surface area contributed by atoms with Gasteiger partial charge in [-0.2, -0.15) is 0 Å². The van der Waals surface area contributed by atoms with Gasteiger partial charge in [0.25, 0.3) is 0 Å². The highest BCUT2D eigenvalue weighted by atomic mass is 79.9. The third kappa shape index (κ3) is 2.69. The number of ketones is 1. The normalized spacial score (nSPS) is 11.1. The monoisotopic (exact) mass is 395 g/mol. The minimum atomic E-state index is -0.100. The van der Waals surface area contributed by atoms with Crippen molar-refractivity contribution >= 4 is 55.8 Å². The Hall–Kier alpha value is -1.29. The predicted molar refractivity (Wildman–Crippen MR) is 95.2 cm³/mol. The van der Waals surface area contributed by atoms with E-state index in [2.05, 4.69) is 20.5 Å². The van der Waals surface area contributed by atoms with Crippen LogP contribution in [0.15, 0.2) is 47.1 Å². The van der Waals surface area contributed by atoms with Gasteiger partial charge in [-0.25, -0.2) is 0 Å². The van der Waals surface area contributed by atoms with E-state index in [0.717, 1.165) is 21.9 Å². The number of carbonyl (C=O) groups excluding carboxylic acids is 1. The lowest BCUT2D eigenvalue weighted by molar-refractivity contribution is 0.104. The second-order valence-corrected chi connectivity index (χ2v) is 6.70. The molecule has 1 heterocycles. The molecule has 112 valence electrons. The maximum Gasteiger partial charge on any atom is 0.196 e. The molecule has 2 aromatic carbocycles. The summed E-state index contributed by atoms with van der Waals surface area (Å²) in [5, 5.41) is 1.79. The molecule has 22 heavy (non-hydrogen) atoms. The first kappa shape index (κ1) is 15.6. The first-order chi connectivity index (χ1) is 10.5. The summed E-state index contributed by atoms with van der Waals surface area (Å²) in [5.74, 6) is -0.100. The van der Waals surface area contributed by atoms with Crippen LogP contribution in [0.3, 0.4) is 0 Å². The highest BCUT2D eigenvalue weighted by molar-refractivity contribution is 9.10. The summed E-state index contributed by atoms with van der Waals surface area (Å²) in [5.41, 5.74) is 2.13. The summed E-state index contributed by atoms with van der Waals surface area (Å²) in [7, 11) is 0. The van der Waals surface area contributed by atoms with Gasteiger partial charge in [0.05, 0.1) is 5.02 Å². The summed E-state index contributed by atoms with van der Waals surface area (Å²) in [6, 6.07) is 10.9. The quantitative estimate of drug-likeness (QED) is 0.500. The van der Waals surface area contributed by atoms with Gasteiger partial charge in [-0.05, 0) is 43.3 Å². The van der Waals surface area contributed by atoms with Gasteiger partial charge < -0.3 is 4.57 Å². The van der Waals surface area contributed by atoms with Crippen LogP contribution in [0.25, 0.3) is 10.9 Å². The zero-order valence-corrected chi connectivity index (χ0v) is 14.8. The number of rotatable bonds is 3. The van der Waals surface area contributed by atoms with E-state index in [0.29, 0.717) is 21.2 Å². The van der Waals surface area contributed by atoms with Crippen LogP contribution in [0.2, 0.25) is 10.0 Å². The van der Waals surface area contributed by atoms with Gasteiger partial charge in [-0.15, -0.1) is 0 Å². The summed E-state index contributed by atoms with van der Waals surface area (Å²) in [6.45, 7) is 2.84. The second kappa shape index (κ2) is 6.07. The number of halogens is 3. The molecule has 3 aromatic rings. The third-order valence-electron chi connectivity index (χ3n) is 3.60. The molecule has 2 nitrogen and oxygen atoms in total. The Morgan fingerprint density at radius 3 is 2.59 bits per heavy atom. The molecule has 0 fully saturated rings. The molecule has 0 saturated carbocycles. The molecule has 0 aliphatic rings. The summed E-state index contributed by atoms with van der Waals surface area (Å²) >= 11 is 15.5. The lowest BCUT2D eigenvalue weighted by Gasteiger charge is -2.03. The Kier molecular flexibility index (Phi) is 4.31. The lowest BCUT2D eigenvalue weighted by Crippen LogP contribution is -2.01. The lowest BCUT2D eigenvalue weighted by atomic mass is 10.0. The van der Waals surface area contributed by atoms with E-state index in [9.17, 15) is 4.79 Å². The first-order valence-electron chi connectivity index (χ1n) is 6.79. The van der Waals surface area contributed by atoms with Gasteiger partial charge in [0.2, 0.25) is 0 Å². The molecule has 1 aromatic heterocycles. The maximum atomic E-state index is 12.9. The molecule has 0 N–H and O–H groups in total. The van der Waals surface area contributed by atoms with E-state index in [1.165, 1.54) is 0 Å². The maximum absolute atomic E-state index is 12.9. The molecule has 5 heteroatoms. The molecular formula is C17H12BrCl2NO. The average Bonchev–Trinajstić information content (AvgIpc) is 2.84. The molecule has 0 aliphatic heterocycles. The molecule has 0 amide bonds. The molecule has 0 bridgehead atoms. The van der Waals surface area contributed by atoms with Gasteiger partial charge in [-0.3, -0.25) is 4.79 Å². The van der Waals surface area contributed by atoms with E-state index in [1.54, 1.807) is 18.2 Å². The smallest absolute Gasteiger partial charge is 0.196 e. The molecule has 0 spiro atoms. The van der Waals surface area contributed by atoms with Crippen LogP contribution in [0.5, 0.6) is 0 Å². The molecule has 0 radical (unpaired) electrons. The van der Waals surface area contributed by atoms with Gasteiger partial charge in [0, 0.05) is 44.3 Å². The number of carbonyl (C=O) groups is 1. The third-order valence-corrected chi connectivity index (χ3v) is 4.65. The fourth-order valence-corrected chi connectivity index (χ4v) is 3.39. The largest absolute Gasteiger partial charge is 0.347 e. The van der Waals surface area contributed by atoms with Crippen LogP contribution in [-0.4, -0.2) is 10.4 Å². The Morgan fingerprint density at radius 1 is 1.14 bits per heavy atom. The van der Waals surface area contributed by atoms with Gasteiger partial charge in [0.1, 0.15) is 0 Å². The Morgan fingerprint density at radius 2 is 1.91 bits per heavy atom. The molecule has 0 unspecified atom stereocenters. The number of benzene rings is 2. The second-order valence-electron chi connectivity index (χ2n) is 4.94. The standard InChI is InChI=1S/C17H12BrCl2NO/c1-2-21-9-14(13-7-10(18)3-6-16(13)21)17(22)12-5-4-11(19)8-15(12)20/h3-9H,2H2,1H3. The van der Waals surface area contributed by atoms with E-state index >= 15 is 0 Å².